The van der Waals surface area contributed by atoms with Gasteiger partial charge in [0, 0.05) is 11.1 Å². The molecule has 0 saturated carbocycles. The zero-order valence-electron chi connectivity index (χ0n) is 16.8. The summed E-state index contributed by atoms with van der Waals surface area (Å²) in [6.45, 7) is 0. The molecule has 3 aromatic carbocycles. The number of hydrogen-bond donors (Lipinski definition) is 1. The lowest BCUT2D eigenvalue weighted by molar-refractivity contribution is -0.137. The number of anilines is 1. The number of para-hydroxylation sites is 3. The number of methoxy groups -OCH3 is 1. The molecule has 4 rings (SSSR count). The number of fused-ring (bicyclic) bond motifs is 1. The molecule has 0 unspecified atom stereocenters. The molecule has 0 saturated heterocycles. The lowest BCUT2D eigenvalue weighted by atomic mass is 10.1. The first-order chi connectivity index (χ1) is 15.3. The highest BCUT2D eigenvalue weighted by Gasteiger charge is 2.30. The summed E-state index contributed by atoms with van der Waals surface area (Å²) in [5, 5.41) is 3.14. The minimum absolute atomic E-state index is 0.00113. The maximum atomic E-state index is 13.0. The van der Waals surface area contributed by atoms with Crippen molar-refractivity contribution in [2.45, 2.75) is 6.18 Å². The Labute approximate surface area is 180 Å². The van der Waals surface area contributed by atoms with Gasteiger partial charge in [-0.05, 0) is 42.5 Å². The van der Waals surface area contributed by atoms with Crippen molar-refractivity contribution in [1.82, 2.24) is 0 Å². The molecule has 0 aliphatic rings. The van der Waals surface area contributed by atoms with Crippen LogP contribution in [0.1, 0.15) is 15.9 Å². The molecule has 8 heteroatoms. The quantitative estimate of drug-likeness (QED) is 0.429. The number of nitrogens with zero attached hydrogens (tertiary/aromatic N) is 1. The molecule has 5 nitrogen and oxygen atoms in total. The fourth-order valence-electron chi connectivity index (χ4n) is 3.12. The SMILES string of the molecule is COc1ccccc1N=c1oc2ccccc2cc1C(=O)Nc1cccc(C(F)(F)F)c1. The molecule has 32 heavy (non-hydrogen) atoms. The largest absolute Gasteiger partial charge is 0.494 e. The van der Waals surface area contributed by atoms with Crippen molar-refractivity contribution in [3.05, 3.63) is 95.5 Å². The van der Waals surface area contributed by atoms with Crippen molar-refractivity contribution in [3.8, 4) is 5.75 Å². The van der Waals surface area contributed by atoms with Gasteiger partial charge in [-0.3, -0.25) is 4.79 Å². The minimum atomic E-state index is -4.52. The second-order valence-electron chi connectivity index (χ2n) is 6.82. The van der Waals surface area contributed by atoms with Crippen LogP contribution in [0.2, 0.25) is 0 Å². The number of halogens is 3. The molecule has 0 atom stereocenters. The Balaban J connectivity index is 1.82. The maximum Gasteiger partial charge on any atom is 0.416 e. The summed E-state index contributed by atoms with van der Waals surface area (Å²) in [5.41, 5.74) is 0.127. The van der Waals surface area contributed by atoms with E-state index in [9.17, 15) is 18.0 Å². The van der Waals surface area contributed by atoms with Crippen LogP contribution >= 0.6 is 0 Å². The van der Waals surface area contributed by atoms with Crippen molar-refractivity contribution in [2.75, 3.05) is 12.4 Å². The van der Waals surface area contributed by atoms with Crippen molar-refractivity contribution in [2.24, 2.45) is 4.99 Å². The molecule has 0 aliphatic heterocycles. The first kappa shape index (κ1) is 21.2. The van der Waals surface area contributed by atoms with E-state index in [1.54, 1.807) is 54.6 Å². The van der Waals surface area contributed by atoms with Crippen molar-refractivity contribution >= 4 is 28.3 Å². The third-order valence-corrected chi connectivity index (χ3v) is 4.66. The van der Waals surface area contributed by atoms with E-state index < -0.39 is 17.6 Å². The molecule has 4 aromatic rings. The molecule has 1 aromatic heterocycles. The number of benzene rings is 3. The molecule has 1 heterocycles. The normalized spacial score (nSPS) is 12.1. The minimum Gasteiger partial charge on any atom is -0.494 e. The van der Waals surface area contributed by atoms with Crippen LogP contribution < -0.4 is 15.6 Å². The number of hydrogen-bond acceptors (Lipinski definition) is 4. The summed E-state index contributed by atoms with van der Waals surface area (Å²) in [5.74, 6) is -0.187. The topological polar surface area (TPSA) is 63.8 Å². The van der Waals surface area contributed by atoms with Gasteiger partial charge in [0.2, 0.25) is 5.55 Å². The average molecular weight is 438 g/mol. The Kier molecular flexibility index (Phi) is 5.68. The van der Waals surface area contributed by atoms with E-state index in [0.29, 0.717) is 22.4 Å². The molecule has 0 aliphatic carbocycles. The molecule has 0 bridgehead atoms. The lowest BCUT2D eigenvalue weighted by Gasteiger charge is -2.10. The highest BCUT2D eigenvalue weighted by atomic mass is 19.4. The standard InChI is InChI=1S/C24H17F3N2O3/c1-31-21-12-5-3-10-19(21)29-23-18(13-15-7-2-4-11-20(15)32-23)22(30)28-17-9-6-8-16(14-17)24(25,26)27/h2-14H,1H3,(H,28,30). The molecular formula is C24H17F3N2O3. The number of ether oxygens (including phenoxy) is 1. The molecular weight excluding hydrogens is 421 g/mol. The van der Waals surface area contributed by atoms with E-state index in [0.717, 1.165) is 12.1 Å². The molecule has 0 spiro atoms. The highest BCUT2D eigenvalue weighted by Crippen LogP contribution is 2.31. The predicted molar refractivity (Wildman–Crippen MR) is 114 cm³/mol. The van der Waals surface area contributed by atoms with Crippen LogP contribution in [0.5, 0.6) is 5.75 Å². The summed E-state index contributed by atoms with van der Waals surface area (Å²) in [6, 6.07) is 20.0. The van der Waals surface area contributed by atoms with Gasteiger partial charge in [0.15, 0.2) is 0 Å². The fourth-order valence-corrected chi connectivity index (χ4v) is 3.12. The summed E-state index contributed by atoms with van der Waals surface area (Å²) < 4.78 is 50.3. The van der Waals surface area contributed by atoms with Crippen LogP contribution in [0, 0.1) is 0 Å². The third-order valence-electron chi connectivity index (χ3n) is 4.66. The Morgan fingerprint density at radius 3 is 2.50 bits per heavy atom. The Morgan fingerprint density at radius 1 is 0.969 bits per heavy atom. The van der Waals surface area contributed by atoms with Gasteiger partial charge in [0.1, 0.15) is 22.6 Å². The summed E-state index contributed by atoms with van der Waals surface area (Å²) in [6.07, 6.45) is -4.52. The van der Waals surface area contributed by atoms with Gasteiger partial charge in [0.05, 0.1) is 12.7 Å². The number of carbonyl (C=O) groups is 1. The maximum absolute atomic E-state index is 13.0. The van der Waals surface area contributed by atoms with E-state index in [-0.39, 0.29) is 16.8 Å². The smallest absolute Gasteiger partial charge is 0.416 e. The number of rotatable bonds is 4. The lowest BCUT2D eigenvalue weighted by Crippen LogP contribution is -2.22. The van der Waals surface area contributed by atoms with Gasteiger partial charge in [-0.15, -0.1) is 0 Å². The highest BCUT2D eigenvalue weighted by molar-refractivity contribution is 6.05. The van der Waals surface area contributed by atoms with E-state index in [1.807, 2.05) is 0 Å². The predicted octanol–water partition coefficient (Wildman–Crippen LogP) is 5.94. The van der Waals surface area contributed by atoms with Crippen LogP contribution in [0.4, 0.5) is 24.5 Å². The average Bonchev–Trinajstić information content (AvgIpc) is 2.78. The number of amides is 1. The van der Waals surface area contributed by atoms with Crippen LogP contribution in [0.3, 0.4) is 0 Å². The van der Waals surface area contributed by atoms with E-state index in [2.05, 4.69) is 10.3 Å². The number of carbonyl (C=O) groups excluding carboxylic acids is 1. The zero-order valence-corrected chi connectivity index (χ0v) is 16.8. The molecule has 1 N–H and O–H groups in total. The monoisotopic (exact) mass is 438 g/mol. The van der Waals surface area contributed by atoms with Crippen LogP contribution in [0.15, 0.2) is 88.3 Å². The molecule has 0 fully saturated rings. The summed E-state index contributed by atoms with van der Waals surface area (Å²) in [7, 11) is 1.49. The second kappa shape index (κ2) is 8.58. The first-order valence-electron chi connectivity index (χ1n) is 9.54. The van der Waals surface area contributed by atoms with Crippen LogP contribution in [-0.4, -0.2) is 13.0 Å². The fraction of sp³-hybridized carbons (Fsp3) is 0.0833. The molecule has 1 amide bonds. The van der Waals surface area contributed by atoms with Crippen molar-refractivity contribution in [3.63, 3.8) is 0 Å². The third kappa shape index (κ3) is 4.49. The van der Waals surface area contributed by atoms with Gasteiger partial charge < -0.3 is 14.5 Å². The summed E-state index contributed by atoms with van der Waals surface area (Å²) >= 11 is 0. The summed E-state index contributed by atoms with van der Waals surface area (Å²) in [4.78, 5) is 17.5. The Hall–Kier alpha value is -4.07. The second-order valence-corrected chi connectivity index (χ2v) is 6.82. The van der Waals surface area contributed by atoms with Crippen molar-refractivity contribution in [1.29, 1.82) is 0 Å². The van der Waals surface area contributed by atoms with Crippen LogP contribution in [0.25, 0.3) is 11.0 Å². The number of nitrogens with one attached hydrogen (secondary N) is 1. The zero-order chi connectivity index (χ0) is 22.7. The molecule has 162 valence electrons. The van der Waals surface area contributed by atoms with E-state index in [1.165, 1.54) is 19.2 Å². The first-order valence-corrected chi connectivity index (χ1v) is 9.54. The van der Waals surface area contributed by atoms with E-state index >= 15 is 0 Å². The Morgan fingerprint density at radius 2 is 1.72 bits per heavy atom. The number of alkyl halides is 3. The van der Waals surface area contributed by atoms with E-state index in [4.69, 9.17) is 9.15 Å². The van der Waals surface area contributed by atoms with Gasteiger partial charge in [-0.1, -0.05) is 36.4 Å². The van der Waals surface area contributed by atoms with Crippen LogP contribution in [-0.2, 0) is 6.18 Å². The Bertz CT molecular complexity index is 1360. The van der Waals surface area contributed by atoms with Gasteiger partial charge in [-0.25, -0.2) is 4.99 Å². The van der Waals surface area contributed by atoms with Gasteiger partial charge in [-0.2, -0.15) is 13.2 Å². The van der Waals surface area contributed by atoms with Gasteiger partial charge >= 0.3 is 6.18 Å². The molecule has 0 radical (unpaired) electrons. The van der Waals surface area contributed by atoms with Crippen molar-refractivity contribution < 1.29 is 27.1 Å². The van der Waals surface area contributed by atoms with Gasteiger partial charge in [0.25, 0.3) is 5.91 Å².